The number of hydrogen-bond acceptors (Lipinski definition) is 5. The van der Waals surface area contributed by atoms with E-state index in [9.17, 15) is 13.2 Å². The molecule has 1 aromatic rings. The van der Waals surface area contributed by atoms with Gasteiger partial charge in [0.2, 0.25) is 0 Å². The maximum absolute atomic E-state index is 11.2. The summed E-state index contributed by atoms with van der Waals surface area (Å²) in [6, 6.07) is 0. The fourth-order valence-corrected chi connectivity index (χ4v) is 3.44. The van der Waals surface area contributed by atoms with E-state index < -0.39 is 9.84 Å². The van der Waals surface area contributed by atoms with Crippen LogP contribution in [0.3, 0.4) is 0 Å². The Morgan fingerprint density at radius 3 is 2.40 bits per heavy atom. The monoisotopic (exact) mass is 247 g/mol. The van der Waals surface area contributed by atoms with Gasteiger partial charge in [0.25, 0.3) is 0 Å². The van der Waals surface area contributed by atoms with Crippen LogP contribution in [0.25, 0.3) is 0 Å². The first kappa shape index (κ1) is 12.3. The molecule has 84 valence electrons. The predicted molar refractivity (Wildman–Crippen MR) is 60.0 cm³/mol. The summed E-state index contributed by atoms with van der Waals surface area (Å²) >= 11 is 1.18. The standard InChI is InChI=1S/C9H13NO3S2/c1-4-7-9(6(2)11)14-8(10-7)5-15(3,12)13/h4-5H2,1-3H3. The van der Waals surface area contributed by atoms with Crippen molar-refractivity contribution in [1.29, 1.82) is 0 Å². The summed E-state index contributed by atoms with van der Waals surface area (Å²) in [6.45, 7) is 3.36. The second kappa shape index (κ2) is 4.40. The van der Waals surface area contributed by atoms with E-state index >= 15 is 0 Å². The number of nitrogens with zero attached hydrogens (tertiary/aromatic N) is 1. The van der Waals surface area contributed by atoms with Crippen LogP contribution >= 0.6 is 11.3 Å². The highest BCUT2D eigenvalue weighted by Gasteiger charge is 2.16. The summed E-state index contributed by atoms with van der Waals surface area (Å²) in [6.07, 6.45) is 1.81. The van der Waals surface area contributed by atoms with Crippen LogP contribution in [0, 0.1) is 0 Å². The smallest absolute Gasteiger partial charge is 0.171 e. The van der Waals surface area contributed by atoms with Gasteiger partial charge >= 0.3 is 0 Å². The van der Waals surface area contributed by atoms with Crippen molar-refractivity contribution in [2.45, 2.75) is 26.0 Å². The van der Waals surface area contributed by atoms with Gasteiger partial charge in [-0.1, -0.05) is 6.92 Å². The number of aryl methyl sites for hydroxylation is 1. The maximum atomic E-state index is 11.2. The summed E-state index contributed by atoms with van der Waals surface area (Å²) in [5.74, 6) is -0.137. The second-order valence-corrected chi connectivity index (χ2v) is 6.59. The quantitative estimate of drug-likeness (QED) is 0.755. The number of thiazole rings is 1. The third-order valence-corrected chi connectivity index (χ3v) is 3.96. The SMILES string of the molecule is CCc1nc(CS(C)(=O)=O)sc1C(C)=O. The van der Waals surface area contributed by atoms with Gasteiger partial charge in [0.1, 0.15) is 10.8 Å². The van der Waals surface area contributed by atoms with E-state index in [4.69, 9.17) is 0 Å². The summed E-state index contributed by atoms with van der Waals surface area (Å²) in [5.41, 5.74) is 0.700. The van der Waals surface area contributed by atoms with Crippen molar-refractivity contribution < 1.29 is 13.2 Å². The van der Waals surface area contributed by atoms with E-state index in [1.165, 1.54) is 18.3 Å². The lowest BCUT2D eigenvalue weighted by molar-refractivity contribution is 0.102. The Morgan fingerprint density at radius 1 is 1.47 bits per heavy atom. The van der Waals surface area contributed by atoms with E-state index in [2.05, 4.69) is 4.98 Å². The van der Waals surface area contributed by atoms with Crippen LogP contribution in [0.2, 0.25) is 0 Å². The molecule has 0 aliphatic carbocycles. The Balaban J connectivity index is 3.08. The van der Waals surface area contributed by atoms with Gasteiger partial charge in [0, 0.05) is 13.2 Å². The van der Waals surface area contributed by atoms with Gasteiger partial charge in [-0.05, 0) is 6.42 Å². The molecule has 1 heterocycles. The van der Waals surface area contributed by atoms with Crippen molar-refractivity contribution >= 4 is 27.0 Å². The van der Waals surface area contributed by atoms with E-state index in [1.54, 1.807) is 0 Å². The number of carbonyl (C=O) groups is 1. The van der Waals surface area contributed by atoms with Crippen LogP contribution in [0.5, 0.6) is 0 Å². The van der Waals surface area contributed by atoms with Gasteiger partial charge in [0.05, 0.1) is 10.6 Å². The molecule has 6 heteroatoms. The zero-order valence-corrected chi connectivity index (χ0v) is 10.5. The highest BCUT2D eigenvalue weighted by molar-refractivity contribution is 7.90. The first-order chi connectivity index (χ1) is 6.83. The molecule has 0 bridgehead atoms. The zero-order chi connectivity index (χ0) is 11.6. The van der Waals surface area contributed by atoms with Crippen molar-refractivity contribution in [3.63, 3.8) is 0 Å². The lowest BCUT2D eigenvalue weighted by atomic mass is 10.2. The molecule has 0 saturated carbocycles. The van der Waals surface area contributed by atoms with Crippen molar-refractivity contribution in [3.05, 3.63) is 15.6 Å². The van der Waals surface area contributed by atoms with E-state index in [0.29, 0.717) is 22.0 Å². The van der Waals surface area contributed by atoms with Crippen LogP contribution in [0.15, 0.2) is 0 Å². The molecule has 0 unspecified atom stereocenters. The third kappa shape index (κ3) is 3.39. The normalized spacial score (nSPS) is 11.7. The average molecular weight is 247 g/mol. The Hall–Kier alpha value is -0.750. The minimum Gasteiger partial charge on any atom is -0.294 e. The van der Waals surface area contributed by atoms with Gasteiger partial charge in [0.15, 0.2) is 15.6 Å². The summed E-state index contributed by atoms with van der Waals surface area (Å²) in [7, 11) is -3.08. The number of aromatic nitrogens is 1. The molecule has 0 fully saturated rings. The molecule has 0 saturated heterocycles. The van der Waals surface area contributed by atoms with Gasteiger partial charge in [-0.15, -0.1) is 11.3 Å². The number of hydrogen-bond donors (Lipinski definition) is 0. The van der Waals surface area contributed by atoms with Crippen LogP contribution in [0.1, 0.15) is 34.2 Å². The summed E-state index contributed by atoms with van der Waals surface area (Å²) in [5, 5.41) is 0.500. The fourth-order valence-electron chi connectivity index (χ4n) is 1.20. The Bertz CT molecular complexity index is 474. The summed E-state index contributed by atoms with van der Waals surface area (Å²) in [4.78, 5) is 16.0. The molecule has 15 heavy (non-hydrogen) atoms. The molecule has 0 aromatic carbocycles. The molecular formula is C9H13NO3S2. The van der Waals surface area contributed by atoms with Gasteiger partial charge in [-0.3, -0.25) is 4.79 Å². The number of ketones is 1. The first-order valence-corrected chi connectivity index (χ1v) is 7.38. The fraction of sp³-hybridized carbons (Fsp3) is 0.556. The van der Waals surface area contributed by atoms with E-state index in [-0.39, 0.29) is 11.5 Å². The molecule has 4 nitrogen and oxygen atoms in total. The molecule has 1 aromatic heterocycles. The molecule has 0 atom stereocenters. The zero-order valence-electron chi connectivity index (χ0n) is 8.90. The number of carbonyl (C=O) groups excluding carboxylic acids is 1. The summed E-state index contributed by atoms with van der Waals surface area (Å²) < 4.78 is 22.1. The highest BCUT2D eigenvalue weighted by atomic mass is 32.2. The highest BCUT2D eigenvalue weighted by Crippen LogP contribution is 2.21. The van der Waals surface area contributed by atoms with E-state index in [1.807, 2.05) is 6.92 Å². The average Bonchev–Trinajstić information content (AvgIpc) is 2.44. The molecule has 0 aliphatic rings. The van der Waals surface area contributed by atoms with Crippen molar-refractivity contribution in [3.8, 4) is 0 Å². The number of rotatable bonds is 4. The van der Waals surface area contributed by atoms with Gasteiger partial charge < -0.3 is 0 Å². The first-order valence-electron chi connectivity index (χ1n) is 4.50. The van der Waals surface area contributed by atoms with Crippen LogP contribution in [0.4, 0.5) is 0 Å². The molecule has 0 spiro atoms. The molecule has 0 amide bonds. The lowest BCUT2D eigenvalue weighted by Crippen LogP contribution is -2.00. The largest absolute Gasteiger partial charge is 0.294 e. The van der Waals surface area contributed by atoms with Crippen molar-refractivity contribution in [2.75, 3.05) is 6.26 Å². The molecular weight excluding hydrogens is 234 g/mol. The van der Waals surface area contributed by atoms with Gasteiger partial charge in [-0.25, -0.2) is 13.4 Å². The topological polar surface area (TPSA) is 64.1 Å². The van der Waals surface area contributed by atoms with Crippen LogP contribution in [-0.4, -0.2) is 25.4 Å². The predicted octanol–water partition coefficient (Wildman–Crippen LogP) is 1.45. The molecule has 0 N–H and O–H groups in total. The van der Waals surface area contributed by atoms with Crippen molar-refractivity contribution in [2.24, 2.45) is 0 Å². The second-order valence-electron chi connectivity index (χ2n) is 3.36. The number of Topliss-reactive ketones (excluding diaryl/α,β-unsaturated/α-hetero) is 1. The molecule has 1 rings (SSSR count). The maximum Gasteiger partial charge on any atom is 0.171 e. The van der Waals surface area contributed by atoms with Crippen molar-refractivity contribution in [1.82, 2.24) is 4.98 Å². The van der Waals surface area contributed by atoms with E-state index in [0.717, 1.165) is 6.26 Å². The minimum atomic E-state index is -3.08. The van der Waals surface area contributed by atoms with Crippen LogP contribution < -0.4 is 0 Å². The Labute approximate surface area is 93.3 Å². The number of sulfone groups is 1. The Morgan fingerprint density at radius 2 is 2.07 bits per heavy atom. The molecule has 0 radical (unpaired) electrons. The minimum absolute atomic E-state index is 0.0518. The third-order valence-electron chi connectivity index (χ3n) is 1.78. The lowest BCUT2D eigenvalue weighted by Gasteiger charge is -1.91. The molecule has 0 aliphatic heterocycles. The van der Waals surface area contributed by atoms with Crippen LogP contribution in [-0.2, 0) is 22.0 Å². The Kier molecular flexibility index (Phi) is 3.62. The van der Waals surface area contributed by atoms with Gasteiger partial charge in [-0.2, -0.15) is 0 Å².